The van der Waals surface area contributed by atoms with Gasteiger partial charge in [0.1, 0.15) is 18.2 Å². The Morgan fingerprint density at radius 2 is 1.81 bits per heavy atom. The standard InChI is InChI=1S/C16H14BrFO3/c1-20-9-10-21-14-8-3-2-5-11(14)16(19)12-6-4-7-13(18)15(12)17/h2-8H,9-10H2,1H3. The number of hydrogen-bond acceptors (Lipinski definition) is 3. The quantitative estimate of drug-likeness (QED) is 0.585. The molecule has 0 unspecified atom stereocenters. The fourth-order valence-electron chi connectivity index (χ4n) is 1.84. The summed E-state index contributed by atoms with van der Waals surface area (Å²) in [4.78, 5) is 12.6. The first-order valence-electron chi connectivity index (χ1n) is 6.34. The van der Waals surface area contributed by atoms with Gasteiger partial charge < -0.3 is 9.47 Å². The van der Waals surface area contributed by atoms with Crippen LogP contribution in [0.2, 0.25) is 0 Å². The van der Waals surface area contributed by atoms with E-state index >= 15 is 0 Å². The van der Waals surface area contributed by atoms with Crippen LogP contribution in [-0.2, 0) is 4.74 Å². The summed E-state index contributed by atoms with van der Waals surface area (Å²) in [6.45, 7) is 0.761. The maximum absolute atomic E-state index is 13.6. The maximum Gasteiger partial charge on any atom is 0.197 e. The van der Waals surface area contributed by atoms with E-state index in [1.807, 2.05) is 0 Å². The zero-order chi connectivity index (χ0) is 15.2. The van der Waals surface area contributed by atoms with E-state index in [1.54, 1.807) is 37.4 Å². The van der Waals surface area contributed by atoms with Gasteiger partial charge in [-0.1, -0.05) is 18.2 Å². The van der Waals surface area contributed by atoms with Gasteiger partial charge in [-0.05, 0) is 40.2 Å². The molecule has 3 nitrogen and oxygen atoms in total. The molecule has 0 spiro atoms. The molecule has 5 heteroatoms. The molecule has 0 aromatic heterocycles. The highest BCUT2D eigenvalue weighted by Crippen LogP contribution is 2.27. The molecule has 0 saturated heterocycles. The third kappa shape index (κ3) is 3.68. The van der Waals surface area contributed by atoms with Gasteiger partial charge in [0.05, 0.1) is 16.6 Å². The summed E-state index contributed by atoms with van der Waals surface area (Å²) < 4.78 is 24.2. The number of rotatable bonds is 6. The van der Waals surface area contributed by atoms with Crippen molar-refractivity contribution >= 4 is 21.7 Å². The third-order valence-electron chi connectivity index (χ3n) is 2.87. The van der Waals surface area contributed by atoms with Gasteiger partial charge in [-0.25, -0.2) is 4.39 Å². The molecule has 2 aromatic rings. The van der Waals surface area contributed by atoms with Crippen LogP contribution in [0.25, 0.3) is 0 Å². The second-order valence-corrected chi connectivity index (χ2v) is 5.06. The minimum atomic E-state index is -0.473. The van der Waals surface area contributed by atoms with Crippen molar-refractivity contribution in [1.29, 1.82) is 0 Å². The first-order chi connectivity index (χ1) is 10.1. The molecule has 0 fully saturated rings. The van der Waals surface area contributed by atoms with Gasteiger partial charge in [0.2, 0.25) is 0 Å². The number of ether oxygens (including phenoxy) is 2. The molecule has 0 saturated carbocycles. The fraction of sp³-hybridized carbons (Fsp3) is 0.188. The molecule has 0 amide bonds. The van der Waals surface area contributed by atoms with Crippen molar-refractivity contribution in [1.82, 2.24) is 0 Å². The first kappa shape index (κ1) is 15.7. The summed E-state index contributed by atoms with van der Waals surface area (Å²) in [5.41, 5.74) is 0.651. The number of ketones is 1. The van der Waals surface area contributed by atoms with Crippen molar-refractivity contribution in [2.75, 3.05) is 20.3 Å². The zero-order valence-electron chi connectivity index (χ0n) is 11.4. The topological polar surface area (TPSA) is 35.5 Å². The predicted molar refractivity (Wildman–Crippen MR) is 81.3 cm³/mol. The number of methoxy groups -OCH3 is 1. The molecule has 0 aliphatic carbocycles. The second-order valence-electron chi connectivity index (χ2n) is 4.27. The number of carbonyl (C=O) groups is 1. The lowest BCUT2D eigenvalue weighted by Crippen LogP contribution is -2.10. The van der Waals surface area contributed by atoms with Crippen LogP contribution in [0.3, 0.4) is 0 Å². The largest absolute Gasteiger partial charge is 0.490 e. The van der Waals surface area contributed by atoms with Gasteiger partial charge in [-0.2, -0.15) is 0 Å². The lowest BCUT2D eigenvalue weighted by atomic mass is 10.0. The Balaban J connectivity index is 2.33. The summed E-state index contributed by atoms with van der Waals surface area (Å²) in [7, 11) is 1.57. The normalized spacial score (nSPS) is 10.4. The van der Waals surface area contributed by atoms with Crippen molar-refractivity contribution in [3.8, 4) is 5.75 Å². The SMILES string of the molecule is COCCOc1ccccc1C(=O)c1cccc(F)c1Br. The molecule has 0 bridgehead atoms. The van der Waals surface area contributed by atoms with E-state index in [0.29, 0.717) is 24.5 Å². The van der Waals surface area contributed by atoms with Crippen molar-refractivity contribution in [3.05, 3.63) is 63.9 Å². The number of para-hydroxylation sites is 1. The molecular formula is C16H14BrFO3. The van der Waals surface area contributed by atoms with Crippen LogP contribution >= 0.6 is 15.9 Å². The average Bonchev–Trinajstić information content (AvgIpc) is 2.50. The van der Waals surface area contributed by atoms with Crippen molar-refractivity contribution in [2.45, 2.75) is 0 Å². The molecule has 0 aliphatic rings. The van der Waals surface area contributed by atoms with Gasteiger partial charge in [0, 0.05) is 12.7 Å². The molecule has 0 N–H and O–H groups in total. The number of hydrogen-bond donors (Lipinski definition) is 0. The van der Waals surface area contributed by atoms with Gasteiger partial charge in [0.25, 0.3) is 0 Å². The van der Waals surface area contributed by atoms with E-state index in [-0.39, 0.29) is 15.8 Å². The highest BCUT2D eigenvalue weighted by molar-refractivity contribution is 9.10. The Bertz CT molecular complexity index is 643. The first-order valence-corrected chi connectivity index (χ1v) is 7.14. The monoisotopic (exact) mass is 352 g/mol. The highest BCUT2D eigenvalue weighted by atomic mass is 79.9. The smallest absolute Gasteiger partial charge is 0.197 e. The zero-order valence-corrected chi connectivity index (χ0v) is 13.0. The van der Waals surface area contributed by atoms with Crippen LogP contribution in [0, 0.1) is 5.82 Å². The fourth-order valence-corrected chi connectivity index (χ4v) is 2.28. The third-order valence-corrected chi connectivity index (χ3v) is 3.68. The van der Waals surface area contributed by atoms with Crippen LogP contribution in [-0.4, -0.2) is 26.1 Å². The maximum atomic E-state index is 13.6. The van der Waals surface area contributed by atoms with Crippen molar-refractivity contribution < 1.29 is 18.7 Å². The van der Waals surface area contributed by atoms with E-state index < -0.39 is 5.82 Å². The molecule has 110 valence electrons. The molecule has 0 heterocycles. The molecule has 0 aliphatic heterocycles. The minimum Gasteiger partial charge on any atom is -0.490 e. The molecule has 2 rings (SSSR count). The van der Waals surface area contributed by atoms with Gasteiger partial charge in [-0.15, -0.1) is 0 Å². The van der Waals surface area contributed by atoms with Crippen LogP contribution in [0.5, 0.6) is 5.75 Å². The Morgan fingerprint density at radius 1 is 1.10 bits per heavy atom. The lowest BCUT2D eigenvalue weighted by molar-refractivity contribution is 0.102. The van der Waals surface area contributed by atoms with Gasteiger partial charge in [0.15, 0.2) is 5.78 Å². The van der Waals surface area contributed by atoms with Crippen LogP contribution in [0.15, 0.2) is 46.9 Å². The van der Waals surface area contributed by atoms with Crippen LogP contribution in [0.4, 0.5) is 4.39 Å². The summed E-state index contributed by atoms with van der Waals surface area (Å²) in [6.07, 6.45) is 0. The van der Waals surface area contributed by atoms with Gasteiger partial charge in [-0.3, -0.25) is 4.79 Å². The van der Waals surface area contributed by atoms with Gasteiger partial charge >= 0.3 is 0 Å². The van der Waals surface area contributed by atoms with E-state index in [0.717, 1.165) is 0 Å². The number of benzene rings is 2. The minimum absolute atomic E-state index is 0.154. The second kappa shape index (κ2) is 7.33. The molecule has 0 radical (unpaired) electrons. The summed E-state index contributed by atoms with van der Waals surface area (Å²) in [6, 6.07) is 11.2. The summed E-state index contributed by atoms with van der Waals surface area (Å²) in [5, 5.41) is 0. The number of halogens is 2. The van der Waals surface area contributed by atoms with E-state index in [9.17, 15) is 9.18 Å². The Labute approximate surface area is 130 Å². The average molecular weight is 353 g/mol. The van der Waals surface area contributed by atoms with Crippen molar-refractivity contribution in [3.63, 3.8) is 0 Å². The van der Waals surface area contributed by atoms with E-state index in [2.05, 4.69) is 15.9 Å². The van der Waals surface area contributed by atoms with E-state index in [1.165, 1.54) is 12.1 Å². The Hall–Kier alpha value is -1.72. The molecule has 2 aromatic carbocycles. The van der Waals surface area contributed by atoms with Crippen molar-refractivity contribution in [2.24, 2.45) is 0 Å². The number of carbonyl (C=O) groups excluding carboxylic acids is 1. The molecular weight excluding hydrogens is 339 g/mol. The summed E-state index contributed by atoms with van der Waals surface area (Å²) >= 11 is 3.11. The lowest BCUT2D eigenvalue weighted by Gasteiger charge is -2.11. The van der Waals surface area contributed by atoms with E-state index in [4.69, 9.17) is 9.47 Å². The Kier molecular flexibility index (Phi) is 5.47. The van der Waals surface area contributed by atoms with Crippen LogP contribution in [0.1, 0.15) is 15.9 Å². The van der Waals surface area contributed by atoms with Crippen LogP contribution < -0.4 is 4.74 Å². The highest BCUT2D eigenvalue weighted by Gasteiger charge is 2.18. The predicted octanol–water partition coefficient (Wildman–Crippen LogP) is 3.84. The Morgan fingerprint density at radius 3 is 2.57 bits per heavy atom. The molecule has 0 atom stereocenters. The summed E-state index contributed by atoms with van der Waals surface area (Å²) in [5.74, 6) is -0.316. The molecule has 21 heavy (non-hydrogen) atoms.